The monoisotopic (exact) mass is 415 g/mol. The Bertz CT molecular complexity index is 888. The number of nitrogens with one attached hydrogen (secondary N) is 1. The fourth-order valence-corrected chi connectivity index (χ4v) is 4.75. The number of rotatable bonds is 5. The molecule has 3 aliphatic rings. The summed E-state index contributed by atoms with van der Waals surface area (Å²) in [5, 5.41) is 11.6. The lowest BCUT2D eigenvalue weighted by Crippen LogP contribution is -2.33. The predicted molar refractivity (Wildman–Crippen MR) is 109 cm³/mol. The highest BCUT2D eigenvalue weighted by atomic mass is 19.1. The van der Waals surface area contributed by atoms with E-state index < -0.39 is 12.2 Å². The summed E-state index contributed by atoms with van der Waals surface area (Å²) < 4.78 is 20.2. The molecule has 0 aromatic heterocycles. The second kappa shape index (κ2) is 8.11. The van der Waals surface area contributed by atoms with E-state index in [1.807, 2.05) is 0 Å². The normalized spacial score (nSPS) is 26.3. The Morgan fingerprint density at radius 2 is 2.17 bits per heavy atom. The van der Waals surface area contributed by atoms with Crippen molar-refractivity contribution < 1.29 is 18.7 Å². The number of benzene rings is 1. The quantitative estimate of drug-likeness (QED) is 0.737. The Morgan fingerprint density at radius 1 is 1.37 bits per heavy atom. The van der Waals surface area contributed by atoms with Gasteiger partial charge >= 0.3 is 6.09 Å². The molecule has 0 aliphatic carbocycles. The van der Waals surface area contributed by atoms with Crippen molar-refractivity contribution in [1.82, 2.24) is 10.2 Å². The molecule has 8 nitrogen and oxygen atoms in total. The van der Waals surface area contributed by atoms with Crippen LogP contribution in [0.3, 0.4) is 0 Å². The number of anilines is 2. The Hall–Kier alpha value is -2.86. The molecular formula is C21H26FN5O3. The van der Waals surface area contributed by atoms with Crippen molar-refractivity contribution in [3.63, 3.8) is 0 Å². The van der Waals surface area contributed by atoms with Crippen LogP contribution < -0.4 is 15.1 Å². The molecule has 1 aromatic rings. The zero-order chi connectivity index (χ0) is 21.3. The van der Waals surface area contributed by atoms with Gasteiger partial charge in [0.1, 0.15) is 11.9 Å². The SMILES string of the molecule is CC(=O)NC[C@H]1CN(c2ccc(N3CCC4(CCN(CC#N)C4)C3)c(F)c2)C(=O)O1. The van der Waals surface area contributed by atoms with Crippen molar-refractivity contribution in [2.45, 2.75) is 25.9 Å². The first-order valence-corrected chi connectivity index (χ1v) is 10.3. The van der Waals surface area contributed by atoms with Crippen LogP contribution in [0.2, 0.25) is 0 Å². The summed E-state index contributed by atoms with van der Waals surface area (Å²) in [5.74, 6) is -0.559. The van der Waals surface area contributed by atoms with Crippen molar-refractivity contribution in [1.29, 1.82) is 5.26 Å². The van der Waals surface area contributed by atoms with E-state index in [-0.39, 0.29) is 30.2 Å². The molecule has 1 spiro atoms. The van der Waals surface area contributed by atoms with Gasteiger partial charge in [0.25, 0.3) is 0 Å². The smallest absolute Gasteiger partial charge is 0.414 e. The average Bonchev–Trinajstić information content (AvgIpc) is 3.40. The average molecular weight is 415 g/mol. The lowest BCUT2D eigenvalue weighted by Gasteiger charge is -2.26. The molecule has 0 bridgehead atoms. The molecule has 2 amide bonds. The first-order chi connectivity index (χ1) is 14.4. The zero-order valence-electron chi connectivity index (χ0n) is 17.1. The minimum atomic E-state index is -0.541. The second-order valence-electron chi connectivity index (χ2n) is 8.48. The topological polar surface area (TPSA) is 88.9 Å². The van der Waals surface area contributed by atoms with Gasteiger partial charge in [0.2, 0.25) is 5.91 Å². The molecule has 4 rings (SSSR count). The molecule has 3 saturated heterocycles. The van der Waals surface area contributed by atoms with Crippen LogP contribution >= 0.6 is 0 Å². The maximum absolute atomic E-state index is 15.0. The summed E-state index contributed by atoms with van der Waals surface area (Å²) in [4.78, 5) is 28.8. The molecular weight excluding hydrogens is 389 g/mol. The van der Waals surface area contributed by atoms with Crippen molar-refractivity contribution in [3.05, 3.63) is 24.0 Å². The van der Waals surface area contributed by atoms with Crippen LogP contribution in [0.4, 0.5) is 20.6 Å². The summed E-state index contributed by atoms with van der Waals surface area (Å²) in [6, 6.07) is 7.04. The van der Waals surface area contributed by atoms with E-state index in [0.29, 0.717) is 17.9 Å². The Kier molecular flexibility index (Phi) is 5.52. The molecule has 1 unspecified atom stereocenters. The highest BCUT2D eigenvalue weighted by molar-refractivity contribution is 5.90. The number of carbonyl (C=O) groups excluding carboxylic acids is 2. The highest BCUT2D eigenvalue weighted by Gasteiger charge is 2.44. The van der Waals surface area contributed by atoms with Crippen molar-refractivity contribution in [3.8, 4) is 6.07 Å². The molecule has 1 aromatic carbocycles. The number of ether oxygens (including phenoxy) is 1. The van der Waals surface area contributed by atoms with E-state index >= 15 is 0 Å². The second-order valence-corrected chi connectivity index (χ2v) is 8.48. The summed E-state index contributed by atoms with van der Waals surface area (Å²) in [6.07, 6.45) is 1.02. The molecule has 0 saturated carbocycles. The van der Waals surface area contributed by atoms with E-state index in [1.165, 1.54) is 17.9 Å². The summed E-state index contributed by atoms with van der Waals surface area (Å²) in [7, 11) is 0. The zero-order valence-corrected chi connectivity index (χ0v) is 17.1. The maximum Gasteiger partial charge on any atom is 0.414 e. The maximum atomic E-state index is 15.0. The van der Waals surface area contributed by atoms with Gasteiger partial charge in [-0.25, -0.2) is 9.18 Å². The van der Waals surface area contributed by atoms with Crippen molar-refractivity contribution in [2.75, 3.05) is 55.6 Å². The summed E-state index contributed by atoms with van der Waals surface area (Å²) in [6.45, 7) is 5.69. The lowest BCUT2D eigenvalue weighted by atomic mass is 9.86. The predicted octanol–water partition coefficient (Wildman–Crippen LogP) is 1.71. The van der Waals surface area contributed by atoms with E-state index in [2.05, 4.69) is 21.2 Å². The van der Waals surface area contributed by atoms with E-state index in [4.69, 9.17) is 10.00 Å². The number of amides is 2. The van der Waals surface area contributed by atoms with Gasteiger partial charge < -0.3 is 15.0 Å². The van der Waals surface area contributed by atoms with Gasteiger partial charge in [-0.3, -0.25) is 14.6 Å². The Balaban J connectivity index is 1.41. The van der Waals surface area contributed by atoms with Crippen LogP contribution in [0.1, 0.15) is 19.8 Å². The summed E-state index contributed by atoms with van der Waals surface area (Å²) >= 11 is 0. The fraction of sp³-hybridized carbons (Fsp3) is 0.571. The van der Waals surface area contributed by atoms with Crippen LogP contribution in [-0.2, 0) is 9.53 Å². The van der Waals surface area contributed by atoms with Gasteiger partial charge in [-0.2, -0.15) is 5.26 Å². The van der Waals surface area contributed by atoms with E-state index in [0.717, 1.165) is 39.0 Å². The minimum Gasteiger partial charge on any atom is -0.442 e. The molecule has 3 fully saturated rings. The number of likely N-dealkylation sites (tertiary alicyclic amines) is 1. The first-order valence-electron chi connectivity index (χ1n) is 10.3. The molecule has 3 heterocycles. The summed E-state index contributed by atoms with van der Waals surface area (Å²) in [5.41, 5.74) is 1.11. The lowest BCUT2D eigenvalue weighted by molar-refractivity contribution is -0.119. The number of hydrogen-bond acceptors (Lipinski definition) is 6. The molecule has 160 valence electrons. The van der Waals surface area contributed by atoms with Crippen LogP contribution in [0.5, 0.6) is 0 Å². The number of nitriles is 1. The number of cyclic esters (lactones) is 1. The van der Waals surface area contributed by atoms with E-state index in [9.17, 15) is 14.0 Å². The van der Waals surface area contributed by atoms with Crippen LogP contribution in [-0.4, -0.2) is 68.8 Å². The largest absolute Gasteiger partial charge is 0.442 e. The number of halogens is 1. The Morgan fingerprint density at radius 3 is 2.90 bits per heavy atom. The van der Waals surface area contributed by atoms with Crippen molar-refractivity contribution >= 4 is 23.4 Å². The van der Waals surface area contributed by atoms with Gasteiger partial charge in [-0.1, -0.05) is 0 Å². The molecule has 30 heavy (non-hydrogen) atoms. The number of hydrogen-bond donors (Lipinski definition) is 1. The van der Waals surface area contributed by atoms with Crippen molar-refractivity contribution in [2.24, 2.45) is 5.41 Å². The number of nitrogens with zero attached hydrogens (tertiary/aromatic N) is 4. The third-order valence-electron chi connectivity index (χ3n) is 6.29. The van der Waals surface area contributed by atoms with Crippen LogP contribution in [0.15, 0.2) is 18.2 Å². The van der Waals surface area contributed by atoms with Crippen LogP contribution in [0.25, 0.3) is 0 Å². The van der Waals surface area contributed by atoms with Gasteiger partial charge in [-0.15, -0.1) is 0 Å². The van der Waals surface area contributed by atoms with Gasteiger partial charge in [0.15, 0.2) is 0 Å². The van der Waals surface area contributed by atoms with Gasteiger partial charge in [0.05, 0.1) is 37.1 Å². The fourth-order valence-electron chi connectivity index (χ4n) is 4.75. The first kappa shape index (κ1) is 20.4. The van der Waals surface area contributed by atoms with E-state index in [1.54, 1.807) is 12.1 Å². The molecule has 1 N–H and O–H groups in total. The molecule has 2 atom stereocenters. The standard InChI is InChI=1S/C21H26FN5O3/c1-15(28)24-11-17-12-27(20(29)30-17)16-2-3-19(18(22)10-16)26-8-5-21(14-26)4-7-25(13-21)9-6-23/h2-3,10,17H,4-5,7-9,11-14H2,1H3,(H,24,28)/t17-,21?/m0/s1. The van der Waals surface area contributed by atoms with Gasteiger partial charge in [0, 0.05) is 32.0 Å². The molecule has 0 radical (unpaired) electrons. The Labute approximate surface area is 175 Å². The number of carbonyl (C=O) groups is 2. The minimum absolute atomic E-state index is 0.123. The van der Waals surface area contributed by atoms with Crippen LogP contribution in [0, 0.1) is 22.6 Å². The third-order valence-corrected chi connectivity index (χ3v) is 6.29. The van der Waals surface area contributed by atoms with Gasteiger partial charge in [-0.05, 0) is 37.6 Å². The third kappa shape index (κ3) is 4.05. The molecule has 9 heteroatoms. The highest BCUT2D eigenvalue weighted by Crippen LogP contribution is 2.42. The molecule has 3 aliphatic heterocycles.